The van der Waals surface area contributed by atoms with Crippen LogP contribution in [0.4, 0.5) is 15.8 Å². The van der Waals surface area contributed by atoms with Crippen LogP contribution in [0.15, 0.2) is 76.1 Å². The summed E-state index contributed by atoms with van der Waals surface area (Å²) in [5.41, 5.74) is 7.55. The van der Waals surface area contributed by atoms with Gasteiger partial charge in [0.25, 0.3) is 0 Å². The Hall–Kier alpha value is -4.17. The van der Waals surface area contributed by atoms with E-state index in [0.29, 0.717) is 58.2 Å². The summed E-state index contributed by atoms with van der Waals surface area (Å²) < 4.78 is 31.3. The first-order valence-electron chi connectivity index (χ1n) is 10.4. The van der Waals surface area contributed by atoms with Gasteiger partial charge in [-0.05, 0) is 42.5 Å². The molecule has 1 aromatic heterocycles. The average Bonchev–Trinajstić information content (AvgIpc) is 2.84. The second-order valence-electron chi connectivity index (χ2n) is 7.38. The molecule has 3 aromatic carbocycles. The first-order valence-corrected chi connectivity index (χ1v) is 10.4. The Balaban J connectivity index is 1.69. The van der Waals surface area contributed by atoms with Crippen LogP contribution in [-0.2, 0) is 4.79 Å². The predicted molar refractivity (Wildman–Crippen MR) is 122 cm³/mol. The normalized spacial score (nSPS) is 13.2. The molecule has 0 saturated heterocycles. The maximum atomic E-state index is 14.0. The van der Waals surface area contributed by atoms with E-state index in [0.717, 1.165) is 5.56 Å². The topological polar surface area (TPSA) is 99.1 Å². The van der Waals surface area contributed by atoms with Crippen molar-refractivity contribution in [3.8, 4) is 22.8 Å². The lowest BCUT2D eigenvalue weighted by molar-refractivity contribution is -0.114. The molecule has 0 unspecified atom stereocenters. The summed E-state index contributed by atoms with van der Waals surface area (Å²) in [7, 11) is 0. The third-order valence-electron chi connectivity index (χ3n) is 5.14. The minimum atomic E-state index is -0.424. The lowest BCUT2D eigenvalue weighted by Crippen LogP contribution is -2.21. The van der Waals surface area contributed by atoms with Gasteiger partial charge in [-0.2, -0.15) is 0 Å². The average molecular weight is 445 g/mol. The fraction of sp³-hybridized carbons (Fsp3) is 0.120. The van der Waals surface area contributed by atoms with Crippen LogP contribution in [0.5, 0.6) is 11.5 Å². The van der Waals surface area contributed by atoms with Crippen molar-refractivity contribution in [1.82, 2.24) is 0 Å². The van der Waals surface area contributed by atoms with Gasteiger partial charge in [0, 0.05) is 23.1 Å². The number of ether oxygens (including phenoxy) is 2. The summed E-state index contributed by atoms with van der Waals surface area (Å²) in [6.45, 7) is 0.812. The molecule has 7 nitrogen and oxygen atoms in total. The van der Waals surface area contributed by atoms with Gasteiger partial charge < -0.3 is 24.9 Å². The Morgan fingerprint density at radius 2 is 1.82 bits per heavy atom. The van der Waals surface area contributed by atoms with Crippen molar-refractivity contribution >= 4 is 28.3 Å². The van der Waals surface area contributed by atoms with Gasteiger partial charge in [-0.25, -0.2) is 9.38 Å². The van der Waals surface area contributed by atoms with Crippen molar-refractivity contribution in [1.29, 1.82) is 0 Å². The van der Waals surface area contributed by atoms with Crippen LogP contribution in [0.3, 0.4) is 0 Å². The molecule has 0 spiro atoms. The van der Waals surface area contributed by atoms with Crippen molar-refractivity contribution < 1.29 is 23.1 Å². The summed E-state index contributed by atoms with van der Waals surface area (Å²) in [6.07, 6.45) is 0. The van der Waals surface area contributed by atoms with E-state index in [1.165, 1.54) is 12.1 Å². The fourth-order valence-corrected chi connectivity index (χ4v) is 3.58. The monoisotopic (exact) mass is 445 g/mol. The number of carbonyl (C=O) groups is 1. The number of halogens is 1. The van der Waals surface area contributed by atoms with Gasteiger partial charge >= 0.3 is 0 Å². The molecule has 3 N–H and O–H groups in total. The minimum absolute atomic E-state index is 0.144. The van der Waals surface area contributed by atoms with Crippen molar-refractivity contribution in [2.24, 2.45) is 10.7 Å². The molecule has 1 amide bonds. The molecule has 0 bridgehead atoms. The highest BCUT2D eigenvalue weighted by Crippen LogP contribution is 2.35. The second-order valence-corrected chi connectivity index (χ2v) is 7.38. The zero-order valence-corrected chi connectivity index (χ0v) is 17.5. The summed E-state index contributed by atoms with van der Waals surface area (Å²) in [5, 5.41) is 3.92. The summed E-state index contributed by atoms with van der Waals surface area (Å²) in [6, 6.07) is 18.6. The zero-order valence-electron chi connectivity index (χ0n) is 17.5. The number of fused-ring (bicyclic) bond motifs is 2. The number of carbonyl (C=O) groups excluding carboxylic acids is 1. The van der Waals surface area contributed by atoms with Gasteiger partial charge in [-0.1, -0.05) is 12.1 Å². The first-order chi connectivity index (χ1) is 16.1. The minimum Gasteiger partial charge on any atom is -0.486 e. The Morgan fingerprint density at radius 3 is 2.67 bits per heavy atom. The van der Waals surface area contributed by atoms with Gasteiger partial charge in [0.15, 0.2) is 11.5 Å². The lowest BCUT2D eigenvalue weighted by Gasteiger charge is -2.18. The number of nitrogens with zero attached hydrogens (tertiary/aromatic N) is 1. The van der Waals surface area contributed by atoms with Crippen LogP contribution >= 0.6 is 0 Å². The lowest BCUT2D eigenvalue weighted by atomic mass is 10.1. The van der Waals surface area contributed by atoms with Gasteiger partial charge in [0.1, 0.15) is 30.4 Å². The van der Waals surface area contributed by atoms with Gasteiger partial charge in [0.2, 0.25) is 5.91 Å². The molecule has 5 rings (SSSR count). The highest BCUT2D eigenvalue weighted by Gasteiger charge is 2.15. The van der Waals surface area contributed by atoms with E-state index in [1.807, 2.05) is 24.3 Å². The van der Waals surface area contributed by atoms with E-state index >= 15 is 0 Å². The number of hydrogen-bond donors (Lipinski definition) is 2. The van der Waals surface area contributed by atoms with E-state index in [-0.39, 0.29) is 12.5 Å². The summed E-state index contributed by atoms with van der Waals surface area (Å²) in [5.74, 6) is 0.997. The van der Waals surface area contributed by atoms with Crippen LogP contribution in [0.1, 0.15) is 0 Å². The van der Waals surface area contributed by atoms with E-state index in [1.54, 1.807) is 30.3 Å². The molecule has 1 aliphatic rings. The van der Waals surface area contributed by atoms with E-state index in [4.69, 9.17) is 24.6 Å². The van der Waals surface area contributed by atoms with E-state index in [9.17, 15) is 9.18 Å². The van der Waals surface area contributed by atoms with Crippen LogP contribution in [0.2, 0.25) is 0 Å². The molecule has 8 heteroatoms. The van der Waals surface area contributed by atoms with Gasteiger partial charge in [-0.15, -0.1) is 0 Å². The number of para-hydroxylation sites is 2. The van der Waals surface area contributed by atoms with Crippen molar-refractivity contribution in [3.05, 3.63) is 77.9 Å². The SMILES string of the molecule is NCC(=O)Nc1ccccc1/N=c1\cc(-c2ccc3c(c2)OCCO3)oc2cc(F)ccc12. The largest absolute Gasteiger partial charge is 0.486 e. The van der Waals surface area contributed by atoms with Crippen LogP contribution in [-0.4, -0.2) is 25.7 Å². The van der Waals surface area contributed by atoms with Crippen molar-refractivity contribution in [3.63, 3.8) is 0 Å². The third kappa shape index (κ3) is 4.28. The first kappa shape index (κ1) is 20.7. The Morgan fingerprint density at radius 1 is 1.00 bits per heavy atom. The molecule has 1 aliphatic heterocycles. The Labute approximate surface area is 188 Å². The zero-order chi connectivity index (χ0) is 22.8. The van der Waals surface area contributed by atoms with Gasteiger partial charge in [-0.3, -0.25) is 4.79 Å². The van der Waals surface area contributed by atoms with E-state index < -0.39 is 5.82 Å². The smallest absolute Gasteiger partial charge is 0.238 e. The molecular weight excluding hydrogens is 425 g/mol. The maximum absolute atomic E-state index is 14.0. The number of anilines is 1. The van der Waals surface area contributed by atoms with Crippen molar-refractivity contribution in [2.75, 3.05) is 25.1 Å². The van der Waals surface area contributed by atoms with Crippen LogP contribution in [0, 0.1) is 5.82 Å². The van der Waals surface area contributed by atoms with Crippen LogP contribution in [0.25, 0.3) is 22.3 Å². The number of rotatable bonds is 4. The molecule has 166 valence electrons. The van der Waals surface area contributed by atoms with Crippen molar-refractivity contribution in [2.45, 2.75) is 0 Å². The fourth-order valence-electron chi connectivity index (χ4n) is 3.58. The Bertz CT molecular complexity index is 1430. The molecule has 0 radical (unpaired) electrons. The number of nitrogens with one attached hydrogen (secondary N) is 1. The predicted octanol–water partition coefficient (Wildman–Crippen LogP) is 4.14. The molecule has 33 heavy (non-hydrogen) atoms. The molecule has 0 atom stereocenters. The quantitative estimate of drug-likeness (QED) is 0.492. The molecular formula is C25H20FN3O4. The highest BCUT2D eigenvalue weighted by atomic mass is 19.1. The molecule has 4 aromatic rings. The number of benzene rings is 3. The number of nitrogens with two attached hydrogens (primary N) is 1. The molecule has 0 aliphatic carbocycles. The Kier molecular flexibility index (Phi) is 5.50. The molecule has 0 saturated carbocycles. The molecule has 0 fully saturated rings. The van der Waals surface area contributed by atoms with Crippen LogP contribution < -0.4 is 25.9 Å². The molecule has 2 heterocycles. The number of amides is 1. The maximum Gasteiger partial charge on any atom is 0.238 e. The number of hydrogen-bond acceptors (Lipinski definition) is 6. The second kappa shape index (κ2) is 8.76. The van der Waals surface area contributed by atoms with E-state index in [2.05, 4.69) is 5.32 Å². The highest BCUT2D eigenvalue weighted by molar-refractivity contribution is 5.94. The van der Waals surface area contributed by atoms with Gasteiger partial charge in [0.05, 0.1) is 23.3 Å². The summed E-state index contributed by atoms with van der Waals surface area (Å²) >= 11 is 0. The third-order valence-corrected chi connectivity index (χ3v) is 5.14. The summed E-state index contributed by atoms with van der Waals surface area (Å²) in [4.78, 5) is 16.6. The standard InChI is InChI=1S/C25H20FN3O4/c26-16-6-7-17-20(28-18-3-1-2-4-19(18)29-25(30)14-27)13-22(33-23(17)12-16)15-5-8-21-24(11-15)32-10-9-31-21/h1-8,11-13H,9-10,14,27H2,(H,29,30)/b28-20+.